The lowest BCUT2D eigenvalue weighted by Crippen LogP contribution is -2.58. The third-order valence-electron chi connectivity index (χ3n) is 4.33. The Balaban J connectivity index is 2.09. The van der Waals surface area contributed by atoms with Crippen LogP contribution in [0.4, 0.5) is 5.69 Å². The molecule has 0 aromatic heterocycles. The van der Waals surface area contributed by atoms with E-state index in [0.29, 0.717) is 5.96 Å². The number of benzene rings is 1. The molecular weight excluding hydrogens is 292 g/mol. The second-order valence-corrected chi connectivity index (χ2v) is 5.79. The minimum Gasteiger partial charge on any atom is -0.399 e. The minimum atomic E-state index is -0.453. The molecule has 122 valence electrons. The van der Waals surface area contributed by atoms with Crippen molar-refractivity contribution in [3.05, 3.63) is 29.8 Å². The van der Waals surface area contributed by atoms with E-state index in [1.165, 1.54) is 13.5 Å². The quantitative estimate of drug-likeness (QED) is 0.655. The fourth-order valence-corrected chi connectivity index (χ4v) is 3.38. The fraction of sp³-hybridized carbons (Fsp3) is 0.438. The second kappa shape index (κ2) is 6.28. The average molecular weight is 314 g/mol. The number of oxime groups is 1. The van der Waals surface area contributed by atoms with E-state index in [9.17, 15) is 0 Å². The van der Waals surface area contributed by atoms with Crippen molar-refractivity contribution in [3.8, 4) is 0 Å². The van der Waals surface area contributed by atoms with Crippen molar-refractivity contribution in [1.29, 1.82) is 0 Å². The molecule has 0 unspecified atom stereocenters. The van der Waals surface area contributed by atoms with Gasteiger partial charge in [0.25, 0.3) is 0 Å². The Morgan fingerprint density at radius 3 is 2.70 bits per heavy atom. The van der Waals surface area contributed by atoms with Crippen LogP contribution in [0.1, 0.15) is 37.7 Å². The molecule has 0 bridgehead atoms. The van der Waals surface area contributed by atoms with Crippen LogP contribution in [0, 0.1) is 0 Å². The number of rotatable bonds is 3. The van der Waals surface area contributed by atoms with Gasteiger partial charge in [-0.3, -0.25) is 4.90 Å². The molecule has 1 aliphatic carbocycles. The molecule has 7 heteroatoms. The van der Waals surface area contributed by atoms with E-state index in [-0.39, 0.29) is 5.96 Å². The Kier molecular flexibility index (Phi) is 4.18. The zero-order valence-electron chi connectivity index (χ0n) is 13.3. The molecule has 7 nitrogen and oxygen atoms in total. The average Bonchev–Trinajstić information content (AvgIpc) is 2.54. The van der Waals surface area contributed by atoms with Gasteiger partial charge in [0.1, 0.15) is 12.8 Å². The van der Waals surface area contributed by atoms with Crippen LogP contribution in [0.3, 0.4) is 0 Å². The zero-order valence-corrected chi connectivity index (χ0v) is 13.3. The van der Waals surface area contributed by atoms with Crippen LogP contribution in [-0.2, 0) is 4.84 Å². The van der Waals surface area contributed by atoms with Gasteiger partial charge in [0, 0.05) is 5.56 Å². The molecule has 23 heavy (non-hydrogen) atoms. The summed E-state index contributed by atoms with van der Waals surface area (Å²) in [7, 11) is 1.52. The molecule has 2 aliphatic rings. The fourth-order valence-electron chi connectivity index (χ4n) is 3.38. The molecule has 1 aliphatic heterocycles. The van der Waals surface area contributed by atoms with Crippen molar-refractivity contribution in [2.45, 2.75) is 37.8 Å². The summed E-state index contributed by atoms with van der Waals surface area (Å²) in [5, 5.41) is 3.88. The minimum absolute atomic E-state index is 0.253. The summed E-state index contributed by atoms with van der Waals surface area (Å²) in [6.07, 6.45) is 6.86. The van der Waals surface area contributed by atoms with Gasteiger partial charge in [0.15, 0.2) is 0 Å². The molecule has 0 atom stereocenters. The van der Waals surface area contributed by atoms with E-state index in [2.05, 4.69) is 15.1 Å². The second-order valence-electron chi connectivity index (χ2n) is 5.79. The molecule has 0 saturated heterocycles. The first-order valence-corrected chi connectivity index (χ1v) is 7.81. The van der Waals surface area contributed by atoms with Crippen molar-refractivity contribution in [1.82, 2.24) is 0 Å². The molecule has 1 spiro atoms. The number of guanidine groups is 2. The Hall–Kier alpha value is -2.57. The summed E-state index contributed by atoms with van der Waals surface area (Å²) >= 11 is 0. The number of anilines is 1. The highest BCUT2D eigenvalue weighted by molar-refractivity contribution is 6.07. The van der Waals surface area contributed by atoms with Crippen LogP contribution in [-0.4, -0.2) is 30.9 Å². The maximum Gasteiger partial charge on any atom is 0.220 e. The third kappa shape index (κ3) is 2.86. The highest BCUT2D eigenvalue weighted by atomic mass is 16.6. The first-order chi connectivity index (χ1) is 11.2. The molecule has 4 N–H and O–H groups in total. The summed E-state index contributed by atoms with van der Waals surface area (Å²) in [6.45, 7) is 0. The molecule has 0 amide bonds. The summed E-state index contributed by atoms with van der Waals surface area (Å²) in [4.78, 5) is 15.7. The van der Waals surface area contributed by atoms with E-state index in [4.69, 9.17) is 16.3 Å². The van der Waals surface area contributed by atoms with Crippen LogP contribution >= 0.6 is 0 Å². The van der Waals surface area contributed by atoms with Gasteiger partial charge < -0.3 is 16.3 Å². The van der Waals surface area contributed by atoms with Gasteiger partial charge in [-0.25, -0.2) is 4.99 Å². The number of para-hydroxylation sites is 1. The van der Waals surface area contributed by atoms with E-state index in [1.807, 2.05) is 29.2 Å². The smallest absolute Gasteiger partial charge is 0.220 e. The third-order valence-corrected chi connectivity index (χ3v) is 4.33. The predicted molar refractivity (Wildman–Crippen MR) is 92.6 cm³/mol. The van der Waals surface area contributed by atoms with Gasteiger partial charge in [-0.1, -0.05) is 29.8 Å². The first kappa shape index (κ1) is 15.3. The molecule has 0 radical (unpaired) electrons. The first-order valence-electron chi connectivity index (χ1n) is 7.81. The van der Waals surface area contributed by atoms with E-state index >= 15 is 0 Å². The highest BCUT2D eigenvalue weighted by Crippen LogP contribution is 2.40. The standard InChI is InChI=1S/C16H22N6O/c1-23-19-11-12-7-3-4-8-13(12)22-15(18)20-14(17)21-16(22)9-5-2-6-10-16/h3-4,7-8,11H,2,5-6,9-10H2,1H3,(H4,17,18,20,21). The molecule has 1 fully saturated rings. The van der Waals surface area contributed by atoms with Crippen molar-refractivity contribution in [2.75, 3.05) is 12.0 Å². The lowest BCUT2D eigenvalue weighted by Gasteiger charge is -2.46. The van der Waals surface area contributed by atoms with Crippen molar-refractivity contribution in [2.24, 2.45) is 26.6 Å². The Morgan fingerprint density at radius 2 is 1.96 bits per heavy atom. The van der Waals surface area contributed by atoms with Gasteiger partial charge in [0.2, 0.25) is 11.9 Å². The summed E-state index contributed by atoms with van der Waals surface area (Å²) in [5.41, 5.74) is 13.5. The molecule has 1 heterocycles. The summed E-state index contributed by atoms with van der Waals surface area (Å²) in [5.74, 6) is 0.626. The molecule has 1 aromatic rings. The van der Waals surface area contributed by atoms with E-state index < -0.39 is 5.66 Å². The van der Waals surface area contributed by atoms with Crippen LogP contribution < -0.4 is 16.4 Å². The Bertz CT molecular complexity index is 660. The van der Waals surface area contributed by atoms with Crippen molar-refractivity contribution in [3.63, 3.8) is 0 Å². The highest BCUT2D eigenvalue weighted by Gasteiger charge is 2.43. The normalized spacial score (nSPS) is 20.5. The molecule has 3 rings (SSSR count). The molecule has 1 saturated carbocycles. The van der Waals surface area contributed by atoms with Crippen LogP contribution in [0.15, 0.2) is 39.4 Å². The molecule has 1 aromatic carbocycles. The van der Waals surface area contributed by atoms with Gasteiger partial charge in [0.05, 0.1) is 11.9 Å². The molecular formula is C16H22N6O. The van der Waals surface area contributed by atoms with Gasteiger partial charge in [-0.05, 0) is 31.7 Å². The maximum absolute atomic E-state index is 6.24. The lowest BCUT2D eigenvalue weighted by molar-refractivity contribution is 0.215. The maximum atomic E-state index is 6.24. The summed E-state index contributed by atoms with van der Waals surface area (Å²) in [6, 6.07) is 7.87. The monoisotopic (exact) mass is 314 g/mol. The van der Waals surface area contributed by atoms with E-state index in [0.717, 1.165) is 36.9 Å². The number of aliphatic imine (C=N–C) groups is 2. The Morgan fingerprint density at radius 1 is 1.22 bits per heavy atom. The summed E-state index contributed by atoms with van der Waals surface area (Å²) < 4.78 is 0. The number of hydrogen-bond acceptors (Lipinski definition) is 7. The van der Waals surface area contributed by atoms with Gasteiger partial charge in [-0.2, -0.15) is 4.99 Å². The number of nitrogens with two attached hydrogens (primary N) is 2. The van der Waals surface area contributed by atoms with Crippen molar-refractivity contribution < 1.29 is 4.84 Å². The van der Waals surface area contributed by atoms with E-state index in [1.54, 1.807) is 6.21 Å². The van der Waals surface area contributed by atoms with Crippen LogP contribution in [0.5, 0.6) is 0 Å². The van der Waals surface area contributed by atoms with Gasteiger partial charge in [-0.15, -0.1) is 0 Å². The SMILES string of the molecule is CON=Cc1ccccc1N1C(N)=NC(N)=NC12CCCCC2. The largest absolute Gasteiger partial charge is 0.399 e. The number of hydrogen-bond donors (Lipinski definition) is 2. The zero-order chi connectivity index (χ0) is 16.3. The number of nitrogens with zero attached hydrogens (tertiary/aromatic N) is 4. The Labute approximate surface area is 135 Å². The van der Waals surface area contributed by atoms with Crippen molar-refractivity contribution >= 4 is 23.8 Å². The van der Waals surface area contributed by atoms with Gasteiger partial charge >= 0.3 is 0 Å². The predicted octanol–water partition coefficient (Wildman–Crippen LogP) is 1.78. The topological polar surface area (TPSA) is 102 Å². The van der Waals surface area contributed by atoms with Crippen LogP contribution in [0.25, 0.3) is 0 Å². The van der Waals surface area contributed by atoms with Crippen LogP contribution in [0.2, 0.25) is 0 Å². The lowest BCUT2D eigenvalue weighted by atomic mass is 9.87.